The summed E-state index contributed by atoms with van der Waals surface area (Å²) in [5.41, 5.74) is 1.55. The van der Waals surface area contributed by atoms with Gasteiger partial charge in [0.1, 0.15) is 11.6 Å². The van der Waals surface area contributed by atoms with Crippen LogP contribution in [0.2, 0.25) is 10.0 Å². The van der Waals surface area contributed by atoms with E-state index in [9.17, 15) is 19.1 Å². The Labute approximate surface area is 228 Å². The summed E-state index contributed by atoms with van der Waals surface area (Å²) in [5.74, 6) is -1.91. The Kier molecular flexibility index (Phi) is 7.25. The van der Waals surface area contributed by atoms with Crippen molar-refractivity contribution in [3.05, 3.63) is 105 Å². The van der Waals surface area contributed by atoms with Gasteiger partial charge in [-0.3, -0.25) is 19.5 Å². The number of benzene rings is 2. The quantitative estimate of drug-likeness (QED) is 0.0951. The van der Waals surface area contributed by atoms with Crippen LogP contribution in [0.5, 0.6) is 0 Å². The highest BCUT2D eigenvalue weighted by Crippen LogP contribution is 2.45. The number of carbonyl (C=O) groups is 2. The summed E-state index contributed by atoms with van der Waals surface area (Å²) in [6, 6.07) is 12.9. The lowest BCUT2D eigenvalue weighted by Gasteiger charge is -2.22. The first-order chi connectivity index (χ1) is 17.8. The van der Waals surface area contributed by atoms with E-state index in [1.54, 1.807) is 30.3 Å². The van der Waals surface area contributed by atoms with E-state index in [-0.39, 0.29) is 27.3 Å². The first kappa shape index (κ1) is 25.3. The van der Waals surface area contributed by atoms with Crippen LogP contribution in [-0.2, 0) is 15.3 Å². The summed E-state index contributed by atoms with van der Waals surface area (Å²) in [4.78, 5) is 31.6. The molecule has 0 aliphatic carbocycles. The Morgan fingerprint density at radius 2 is 1.76 bits per heavy atom. The molecular formula is C25H15Cl2FN4O3S2. The molecule has 0 saturated carbocycles. The SMILES string of the molecule is O=C1C(=O)N(c2nnc(SCc3ccc(F)cc3)s2)C(c2ccc(Cl)c(Cl)c2)/C1=C(\O)c1ccncc1. The van der Waals surface area contributed by atoms with Crippen LogP contribution in [0.3, 0.4) is 0 Å². The average molecular weight is 573 g/mol. The standard InChI is InChI=1S/C25H15Cl2FN4O3S2/c26-17-6-3-15(11-18(17)27)20-19(21(33)14-7-9-29-10-8-14)22(34)23(35)32(20)24-30-31-25(37-24)36-12-13-1-4-16(28)5-2-13/h1-11,20,33H,12H2/b21-19+. The number of aliphatic hydroxyl groups excluding tert-OH is 1. The number of carbonyl (C=O) groups excluding carboxylic acids is 2. The number of thioether (sulfide) groups is 1. The normalized spacial score (nSPS) is 16.9. The number of hydrogen-bond donors (Lipinski definition) is 1. The van der Waals surface area contributed by atoms with E-state index in [1.807, 2.05) is 0 Å². The molecule has 2 aromatic carbocycles. The van der Waals surface area contributed by atoms with Crippen LogP contribution in [0.4, 0.5) is 9.52 Å². The van der Waals surface area contributed by atoms with Crippen LogP contribution in [0.1, 0.15) is 22.7 Å². The van der Waals surface area contributed by atoms with E-state index < -0.39 is 17.7 Å². The van der Waals surface area contributed by atoms with Gasteiger partial charge < -0.3 is 5.11 Å². The Morgan fingerprint density at radius 1 is 1.03 bits per heavy atom. The summed E-state index contributed by atoms with van der Waals surface area (Å²) >= 11 is 14.8. The average Bonchev–Trinajstić information content (AvgIpc) is 3.47. The van der Waals surface area contributed by atoms with E-state index in [2.05, 4.69) is 15.2 Å². The molecule has 2 aromatic heterocycles. The molecule has 1 atom stereocenters. The number of aromatic nitrogens is 3. The third-order valence-electron chi connectivity index (χ3n) is 5.54. The van der Waals surface area contributed by atoms with Gasteiger partial charge in [0.2, 0.25) is 5.13 Å². The molecule has 4 aromatic rings. The Morgan fingerprint density at radius 3 is 2.46 bits per heavy atom. The van der Waals surface area contributed by atoms with Crippen LogP contribution >= 0.6 is 46.3 Å². The van der Waals surface area contributed by atoms with Gasteiger partial charge in [-0.15, -0.1) is 10.2 Å². The maximum Gasteiger partial charge on any atom is 0.301 e. The van der Waals surface area contributed by atoms with Gasteiger partial charge in [0.15, 0.2) is 4.34 Å². The smallest absolute Gasteiger partial charge is 0.301 e. The number of aliphatic hydroxyl groups is 1. The number of halogens is 3. The predicted molar refractivity (Wildman–Crippen MR) is 141 cm³/mol. The predicted octanol–water partition coefficient (Wildman–Crippen LogP) is 6.30. The van der Waals surface area contributed by atoms with Gasteiger partial charge in [-0.1, -0.05) is 64.5 Å². The molecule has 0 spiro atoms. The topological polar surface area (TPSA) is 96.3 Å². The molecule has 7 nitrogen and oxygen atoms in total. The number of pyridine rings is 1. The molecule has 5 rings (SSSR count). The first-order valence-electron chi connectivity index (χ1n) is 10.7. The van der Waals surface area contributed by atoms with Gasteiger partial charge in [0, 0.05) is 23.7 Å². The fourth-order valence-corrected chi connectivity index (χ4v) is 5.91. The van der Waals surface area contributed by atoms with Gasteiger partial charge in [-0.2, -0.15) is 0 Å². The molecule has 1 amide bonds. The molecule has 3 heterocycles. The van der Waals surface area contributed by atoms with Crippen molar-refractivity contribution in [2.24, 2.45) is 0 Å². The van der Waals surface area contributed by atoms with Gasteiger partial charge in [0.05, 0.1) is 21.7 Å². The van der Waals surface area contributed by atoms with Crippen LogP contribution in [0.15, 0.2) is 76.9 Å². The first-order valence-corrected chi connectivity index (χ1v) is 13.3. The summed E-state index contributed by atoms with van der Waals surface area (Å²) in [7, 11) is 0. The summed E-state index contributed by atoms with van der Waals surface area (Å²) in [5, 5.41) is 20.1. The third kappa shape index (κ3) is 5.10. The molecule has 1 fully saturated rings. The Hall–Kier alpha value is -3.31. The zero-order chi connectivity index (χ0) is 26.1. The van der Waals surface area contributed by atoms with Crippen LogP contribution in [0.25, 0.3) is 5.76 Å². The lowest BCUT2D eigenvalue weighted by Crippen LogP contribution is -2.29. The fraction of sp³-hybridized carbons (Fsp3) is 0.0800. The van der Waals surface area contributed by atoms with Gasteiger partial charge in [0.25, 0.3) is 5.78 Å². The zero-order valence-electron chi connectivity index (χ0n) is 18.6. The number of amides is 1. The van der Waals surface area contributed by atoms with Gasteiger partial charge in [-0.25, -0.2) is 4.39 Å². The minimum Gasteiger partial charge on any atom is -0.507 e. The fourth-order valence-electron chi connectivity index (χ4n) is 3.78. The second kappa shape index (κ2) is 10.6. The lowest BCUT2D eigenvalue weighted by atomic mass is 9.96. The number of ketones is 1. The molecule has 1 saturated heterocycles. The molecule has 37 heavy (non-hydrogen) atoms. The van der Waals surface area contributed by atoms with E-state index in [1.165, 1.54) is 53.3 Å². The third-order valence-corrected chi connectivity index (χ3v) is 8.40. The van der Waals surface area contributed by atoms with E-state index >= 15 is 0 Å². The summed E-state index contributed by atoms with van der Waals surface area (Å²) in [6.07, 6.45) is 2.93. The minimum atomic E-state index is -1.02. The second-order valence-corrected chi connectivity index (χ2v) is 10.8. The van der Waals surface area contributed by atoms with Crippen molar-refractivity contribution < 1.29 is 19.1 Å². The molecular weight excluding hydrogens is 558 g/mol. The second-order valence-electron chi connectivity index (χ2n) is 7.84. The highest BCUT2D eigenvalue weighted by Gasteiger charge is 2.48. The molecule has 1 aliphatic rings. The molecule has 1 N–H and O–H groups in total. The largest absolute Gasteiger partial charge is 0.507 e. The number of hydrogen-bond acceptors (Lipinski definition) is 8. The zero-order valence-corrected chi connectivity index (χ0v) is 21.8. The molecule has 1 aliphatic heterocycles. The van der Waals surface area contributed by atoms with Crippen molar-refractivity contribution in [3.8, 4) is 0 Å². The lowest BCUT2D eigenvalue weighted by molar-refractivity contribution is -0.132. The van der Waals surface area contributed by atoms with Crippen molar-refractivity contribution in [2.75, 3.05) is 4.90 Å². The summed E-state index contributed by atoms with van der Waals surface area (Å²) < 4.78 is 13.7. The number of anilines is 1. The summed E-state index contributed by atoms with van der Waals surface area (Å²) in [6.45, 7) is 0. The van der Waals surface area contributed by atoms with Crippen molar-refractivity contribution in [3.63, 3.8) is 0 Å². The minimum absolute atomic E-state index is 0.120. The van der Waals surface area contributed by atoms with Crippen molar-refractivity contribution in [1.82, 2.24) is 15.2 Å². The maximum atomic E-state index is 13.3. The van der Waals surface area contributed by atoms with Crippen molar-refractivity contribution >= 4 is 68.9 Å². The maximum absolute atomic E-state index is 13.3. The number of rotatable bonds is 6. The van der Waals surface area contributed by atoms with Crippen LogP contribution in [-0.4, -0.2) is 32.0 Å². The van der Waals surface area contributed by atoms with Crippen molar-refractivity contribution in [1.29, 1.82) is 0 Å². The monoisotopic (exact) mass is 572 g/mol. The highest BCUT2D eigenvalue weighted by molar-refractivity contribution is 8.00. The Bertz CT molecular complexity index is 1530. The van der Waals surface area contributed by atoms with Gasteiger partial charge >= 0.3 is 5.91 Å². The molecule has 12 heteroatoms. The van der Waals surface area contributed by atoms with Crippen molar-refractivity contribution in [2.45, 2.75) is 16.1 Å². The molecule has 1 unspecified atom stereocenters. The number of Topliss-reactive ketones (excluding diaryl/α,β-unsaturated/α-hetero) is 1. The van der Waals surface area contributed by atoms with Crippen LogP contribution in [0, 0.1) is 5.82 Å². The van der Waals surface area contributed by atoms with E-state index in [0.717, 1.165) is 16.9 Å². The molecule has 0 radical (unpaired) electrons. The van der Waals surface area contributed by atoms with E-state index in [0.29, 0.717) is 26.2 Å². The van der Waals surface area contributed by atoms with Crippen LogP contribution < -0.4 is 4.90 Å². The Balaban J connectivity index is 1.54. The van der Waals surface area contributed by atoms with Gasteiger partial charge in [-0.05, 0) is 47.5 Å². The molecule has 0 bridgehead atoms. The highest BCUT2D eigenvalue weighted by atomic mass is 35.5. The molecule has 186 valence electrons. The van der Waals surface area contributed by atoms with E-state index in [4.69, 9.17) is 23.2 Å². The number of nitrogens with zero attached hydrogens (tertiary/aromatic N) is 4.